The Morgan fingerprint density at radius 3 is 2.17 bits per heavy atom. The van der Waals surface area contributed by atoms with Gasteiger partial charge < -0.3 is 93.7 Å². The molecule has 2 amide bonds. The largest absolute Gasteiger partial charge is 0.467 e. The minimum atomic E-state index is -1.65. The second kappa shape index (κ2) is 16.7. The molecule has 4 aliphatic rings. The van der Waals surface area contributed by atoms with Crippen molar-refractivity contribution in [1.29, 1.82) is 0 Å². The Balaban J connectivity index is 1.55. The molecule has 0 unspecified atom stereocenters. The van der Waals surface area contributed by atoms with Crippen LogP contribution in [0.3, 0.4) is 0 Å². The maximum atomic E-state index is 12.6. The normalized spacial score (nSPS) is 44.0. The van der Waals surface area contributed by atoms with Crippen molar-refractivity contribution >= 4 is 6.03 Å². The van der Waals surface area contributed by atoms with Crippen LogP contribution in [-0.2, 0) is 28.4 Å². The molecule has 21 nitrogen and oxygen atoms in total. The van der Waals surface area contributed by atoms with Gasteiger partial charge in [-0.05, 0) is 18.9 Å². The summed E-state index contributed by atoms with van der Waals surface area (Å²) in [6.45, 7) is -1.01. The summed E-state index contributed by atoms with van der Waals surface area (Å²) in [4.78, 5) is 12.6. The van der Waals surface area contributed by atoms with Crippen LogP contribution < -0.4 is 39.7 Å². The first-order valence-electron chi connectivity index (χ1n) is 15.4. The summed E-state index contributed by atoms with van der Waals surface area (Å²) < 4.78 is 35.2. The molecular weight excluding hydrogens is 632 g/mol. The van der Waals surface area contributed by atoms with Gasteiger partial charge in [-0.3, -0.25) is 5.21 Å². The Kier molecular flexibility index (Phi) is 13.5. The molecule has 0 spiro atoms. The first-order valence-corrected chi connectivity index (χ1v) is 15.4. The van der Waals surface area contributed by atoms with Gasteiger partial charge in [-0.25, -0.2) is 9.86 Å². The molecule has 0 aromatic carbocycles. The zero-order valence-corrected chi connectivity index (χ0v) is 25.7. The zero-order chi connectivity index (χ0) is 34.6. The maximum Gasteiger partial charge on any atom is 0.341 e. The quantitative estimate of drug-likeness (QED) is 0.0671. The van der Waals surface area contributed by atoms with Gasteiger partial charge in [-0.15, -0.1) is 0 Å². The Bertz CT molecular complexity index is 1050. The van der Waals surface area contributed by atoms with Crippen LogP contribution in [0.2, 0.25) is 0 Å². The highest BCUT2D eigenvalue weighted by atomic mass is 16.8. The van der Waals surface area contributed by atoms with E-state index >= 15 is 0 Å². The highest BCUT2D eigenvalue weighted by Crippen LogP contribution is 2.34. The summed E-state index contributed by atoms with van der Waals surface area (Å²) in [5.41, 5.74) is 35.5. The minimum absolute atomic E-state index is 0.0332. The van der Waals surface area contributed by atoms with Gasteiger partial charge >= 0.3 is 6.03 Å². The molecule has 1 aliphatic carbocycles. The van der Waals surface area contributed by atoms with Crippen LogP contribution in [-0.4, -0.2) is 173 Å². The first-order chi connectivity index (χ1) is 22.3. The zero-order valence-electron chi connectivity index (χ0n) is 25.7. The summed E-state index contributed by atoms with van der Waals surface area (Å²) in [5.74, 6) is 0.421. The summed E-state index contributed by atoms with van der Waals surface area (Å²) in [5, 5.41) is 66.2. The van der Waals surface area contributed by atoms with Crippen molar-refractivity contribution in [1.82, 2.24) is 10.4 Å². The number of nitrogens with one attached hydrogen (secondary N) is 1. The predicted molar refractivity (Wildman–Crippen MR) is 157 cm³/mol. The molecule has 0 bridgehead atoms. The number of hydroxylamine groups is 2. The predicted octanol–water partition coefficient (Wildman–Crippen LogP) is -7.31. The molecule has 3 heterocycles. The summed E-state index contributed by atoms with van der Waals surface area (Å²) in [7, 11) is 0. The van der Waals surface area contributed by atoms with E-state index in [9.17, 15) is 35.5 Å². The molecule has 4 rings (SSSR count). The molecule has 19 N–H and O–H groups in total. The van der Waals surface area contributed by atoms with E-state index in [0.29, 0.717) is 17.2 Å². The molecular formula is C26H50N8O13. The fourth-order valence-electron chi connectivity index (χ4n) is 5.96. The number of carbonyl (C=O) groups excluding carboxylic acids is 1. The van der Waals surface area contributed by atoms with Crippen molar-refractivity contribution in [3.63, 3.8) is 0 Å². The van der Waals surface area contributed by atoms with Gasteiger partial charge in [0.25, 0.3) is 0 Å². The summed E-state index contributed by atoms with van der Waals surface area (Å²) >= 11 is 0. The van der Waals surface area contributed by atoms with Gasteiger partial charge in [0.2, 0.25) is 6.29 Å². The SMILES string of the molecule is NCCN(O)C(=O)N[C@@H]1C[C@H](N)[C@@H](O[C@H]2OC(CN)=CC[C@H]2N)[C@H](O[C@@H]2O[C@H](CO)[C@@H](O[C@H]3O[C@@H](CN)[C@@H](O)[C@H](O)[C@H]3N)[C@H]2O)[C@H]1O. The third-order valence-electron chi connectivity index (χ3n) is 8.67. The van der Waals surface area contributed by atoms with E-state index in [1.807, 2.05) is 0 Å². The van der Waals surface area contributed by atoms with Crippen LogP contribution in [0.5, 0.6) is 0 Å². The Hall–Kier alpha value is -1.87. The van der Waals surface area contributed by atoms with Gasteiger partial charge in [0, 0.05) is 19.1 Å². The van der Waals surface area contributed by atoms with Crippen molar-refractivity contribution < 1.29 is 64.0 Å². The Morgan fingerprint density at radius 2 is 1.53 bits per heavy atom. The summed E-state index contributed by atoms with van der Waals surface area (Å²) in [6, 6.07) is -4.91. The van der Waals surface area contributed by atoms with E-state index in [1.165, 1.54) is 0 Å². The number of aliphatic hydroxyl groups excluding tert-OH is 5. The van der Waals surface area contributed by atoms with E-state index in [4.69, 9.17) is 62.8 Å². The number of aliphatic hydroxyl groups is 5. The molecule has 47 heavy (non-hydrogen) atoms. The van der Waals surface area contributed by atoms with Crippen LogP contribution in [0.4, 0.5) is 4.79 Å². The topological polar surface area (TPSA) is 365 Å². The molecule has 0 aromatic rings. The van der Waals surface area contributed by atoms with Crippen LogP contribution in [0, 0.1) is 0 Å². The van der Waals surface area contributed by atoms with Crippen LogP contribution in [0.15, 0.2) is 11.8 Å². The number of hydrogen-bond acceptors (Lipinski definition) is 19. The molecule has 3 aliphatic heterocycles. The number of carbonyl (C=O) groups is 1. The smallest absolute Gasteiger partial charge is 0.341 e. The van der Waals surface area contributed by atoms with Gasteiger partial charge in [0.15, 0.2) is 12.6 Å². The number of rotatable bonds is 12. The fraction of sp³-hybridized carbons (Fsp3) is 0.885. The third kappa shape index (κ3) is 8.48. The first kappa shape index (κ1) is 37.9. The highest BCUT2D eigenvalue weighted by molar-refractivity contribution is 5.73. The molecule has 0 radical (unpaired) electrons. The summed E-state index contributed by atoms with van der Waals surface area (Å²) in [6.07, 6.45) is -14.3. The van der Waals surface area contributed by atoms with E-state index in [2.05, 4.69) is 5.32 Å². The number of nitrogens with two attached hydrogens (primary N) is 6. The van der Waals surface area contributed by atoms with E-state index < -0.39 is 111 Å². The Labute approximate surface area is 270 Å². The Morgan fingerprint density at radius 1 is 0.872 bits per heavy atom. The number of amides is 2. The second-order valence-corrected chi connectivity index (χ2v) is 12.0. The number of urea groups is 1. The lowest BCUT2D eigenvalue weighted by Gasteiger charge is -2.46. The maximum absolute atomic E-state index is 12.6. The third-order valence-corrected chi connectivity index (χ3v) is 8.67. The van der Waals surface area contributed by atoms with Crippen molar-refractivity contribution in [2.75, 3.05) is 32.8 Å². The van der Waals surface area contributed by atoms with Gasteiger partial charge in [-0.1, -0.05) is 0 Å². The monoisotopic (exact) mass is 682 g/mol. The van der Waals surface area contributed by atoms with Crippen LogP contribution in [0.25, 0.3) is 0 Å². The molecule has 1 saturated carbocycles. The average Bonchev–Trinajstić information content (AvgIpc) is 3.35. The fourth-order valence-corrected chi connectivity index (χ4v) is 5.96. The van der Waals surface area contributed by atoms with Gasteiger partial charge in [-0.2, -0.15) is 0 Å². The van der Waals surface area contributed by atoms with Gasteiger partial charge in [0.1, 0.15) is 60.7 Å². The van der Waals surface area contributed by atoms with E-state index in [1.54, 1.807) is 6.08 Å². The van der Waals surface area contributed by atoms with E-state index in [0.717, 1.165) is 0 Å². The van der Waals surface area contributed by atoms with Crippen molar-refractivity contribution in [3.8, 4) is 0 Å². The standard InChI is InChI=1S/C26H50N8O13/c27-3-4-34(41)26(40)33-12-5-11(31)20(45-23-10(30)2-1-9(6-28)42-23)22(16(12)36)47-25-19(39)21(14(8-35)44-25)46-24-15(32)18(38)17(37)13(7-29)43-24/h1,10-25,35-39,41H,2-8,27-32H2,(H,33,40)/t10-,11+,12-,13+,14-,15-,16+,17-,18-,19-,20-,21-,22-,23-,24-,25+/m1/s1. The van der Waals surface area contributed by atoms with Crippen LogP contribution >= 0.6 is 0 Å². The van der Waals surface area contributed by atoms with E-state index in [-0.39, 0.29) is 32.6 Å². The molecule has 0 aromatic heterocycles. The van der Waals surface area contributed by atoms with Crippen molar-refractivity contribution in [3.05, 3.63) is 11.8 Å². The highest BCUT2D eigenvalue weighted by Gasteiger charge is 2.54. The van der Waals surface area contributed by atoms with Gasteiger partial charge in [0.05, 0.1) is 37.8 Å². The van der Waals surface area contributed by atoms with Crippen molar-refractivity contribution in [2.24, 2.45) is 34.4 Å². The molecule has 16 atom stereocenters. The molecule has 3 fully saturated rings. The average molecular weight is 683 g/mol. The molecule has 21 heteroatoms. The minimum Gasteiger partial charge on any atom is -0.467 e. The molecule has 272 valence electrons. The molecule has 2 saturated heterocycles. The lowest BCUT2D eigenvalue weighted by molar-refractivity contribution is -0.282. The number of nitrogens with zero attached hydrogens (tertiary/aromatic N) is 1. The second-order valence-electron chi connectivity index (χ2n) is 12.0. The van der Waals surface area contributed by atoms with Crippen LogP contribution in [0.1, 0.15) is 12.8 Å². The lowest BCUT2D eigenvalue weighted by Crippen LogP contribution is -2.67. The number of ether oxygens (including phenoxy) is 6. The number of hydrogen-bond donors (Lipinski definition) is 13. The van der Waals surface area contributed by atoms with Crippen molar-refractivity contribution in [2.45, 2.75) is 111 Å². The lowest BCUT2D eigenvalue weighted by atomic mass is 9.83.